The summed E-state index contributed by atoms with van der Waals surface area (Å²) in [6.45, 7) is 2.86. The molecule has 3 rings (SSSR count). The number of hydrogen-bond acceptors (Lipinski definition) is 5. The van der Waals surface area contributed by atoms with E-state index in [2.05, 4.69) is 10.6 Å². The lowest BCUT2D eigenvalue weighted by Gasteiger charge is -2.28. The Labute approximate surface area is 167 Å². The van der Waals surface area contributed by atoms with E-state index < -0.39 is 5.92 Å². The zero-order valence-corrected chi connectivity index (χ0v) is 16.9. The van der Waals surface area contributed by atoms with E-state index in [0.29, 0.717) is 44.0 Å². The molecule has 0 radical (unpaired) electrons. The lowest BCUT2D eigenvalue weighted by Crippen LogP contribution is -2.40. The van der Waals surface area contributed by atoms with Crippen LogP contribution < -0.4 is 15.4 Å². The van der Waals surface area contributed by atoms with Crippen LogP contribution in [0.25, 0.3) is 0 Å². The predicted octanol–water partition coefficient (Wildman–Crippen LogP) is 2.45. The van der Waals surface area contributed by atoms with Gasteiger partial charge in [0.25, 0.3) is 0 Å². The van der Waals surface area contributed by atoms with Crippen molar-refractivity contribution in [2.45, 2.75) is 57.5 Å². The maximum Gasteiger partial charge on any atom is 0.310 e. The fourth-order valence-corrected chi connectivity index (χ4v) is 4.49. The molecule has 0 spiro atoms. The molecule has 154 valence electrons. The molecule has 1 aromatic rings. The first-order valence-corrected chi connectivity index (χ1v) is 10.4. The van der Waals surface area contributed by atoms with Gasteiger partial charge in [-0.1, -0.05) is 12.1 Å². The minimum Gasteiger partial charge on any atom is -0.494 e. The maximum absolute atomic E-state index is 12.4. The molecule has 3 unspecified atom stereocenters. The molecule has 0 aliphatic carbocycles. The summed E-state index contributed by atoms with van der Waals surface area (Å²) in [6, 6.07) is 8.87. The van der Waals surface area contributed by atoms with Crippen LogP contribution in [0.4, 0.5) is 0 Å². The SMILES string of the molecule is CCOc1ccc(CC(CNC(=O)CC2CC3CCC(C2)N3)C(=O)OC)cc1. The van der Waals surface area contributed by atoms with Gasteiger partial charge >= 0.3 is 5.97 Å². The van der Waals surface area contributed by atoms with E-state index >= 15 is 0 Å². The Hall–Kier alpha value is -2.08. The molecule has 6 heteroatoms. The smallest absolute Gasteiger partial charge is 0.310 e. The lowest BCUT2D eigenvalue weighted by molar-refractivity contribution is -0.145. The number of carbonyl (C=O) groups excluding carboxylic acids is 2. The number of carbonyl (C=O) groups is 2. The van der Waals surface area contributed by atoms with E-state index in [4.69, 9.17) is 9.47 Å². The highest BCUT2D eigenvalue weighted by Gasteiger charge is 2.34. The molecule has 6 nitrogen and oxygen atoms in total. The summed E-state index contributed by atoms with van der Waals surface area (Å²) in [6.07, 6.45) is 5.69. The third kappa shape index (κ3) is 5.71. The third-order valence-electron chi connectivity index (χ3n) is 5.84. The minimum absolute atomic E-state index is 0.0342. The zero-order valence-electron chi connectivity index (χ0n) is 16.9. The number of ether oxygens (including phenoxy) is 2. The van der Waals surface area contributed by atoms with E-state index in [1.165, 1.54) is 20.0 Å². The van der Waals surface area contributed by atoms with Crippen molar-refractivity contribution in [3.63, 3.8) is 0 Å². The van der Waals surface area contributed by atoms with Gasteiger partial charge in [-0.15, -0.1) is 0 Å². The van der Waals surface area contributed by atoms with Gasteiger partial charge in [-0.3, -0.25) is 9.59 Å². The molecule has 2 N–H and O–H groups in total. The second-order valence-corrected chi connectivity index (χ2v) is 7.98. The largest absolute Gasteiger partial charge is 0.494 e. The Morgan fingerprint density at radius 2 is 1.86 bits per heavy atom. The summed E-state index contributed by atoms with van der Waals surface area (Å²) in [5.74, 6) is 0.601. The maximum atomic E-state index is 12.4. The summed E-state index contributed by atoms with van der Waals surface area (Å²) in [7, 11) is 1.39. The normalized spacial score (nSPS) is 24.4. The van der Waals surface area contributed by atoms with E-state index in [0.717, 1.165) is 24.2 Å². The van der Waals surface area contributed by atoms with Crippen LogP contribution in [0.1, 0.15) is 44.6 Å². The van der Waals surface area contributed by atoms with Gasteiger partial charge in [0.05, 0.1) is 19.6 Å². The summed E-state index contributed by atoms with van der Waals surface area (Å²) < 4.78 is 10.4. The number of methoxy groups -OCH3 is 1. The first-order chi connectivity index (χ1) is 13.6. The molecule has 0 aromatic heterocycles. The number of piperidine rings is 1. The van der Waals surface area contributed by atoms with Crippen LogP contribution in [0.2, 0.25) is 0 Å². The van der Waals surface area contributed by atoms with Crippen LogP contribution in [0.5, 0.6) is 5.75 Å². The van der Waals surface area contributed by atoms with Crippen molar-refractivity contribution >= 4 is 11.9 Å². The Morgan fingerprint density at radius 1 is 1.18 bits per heavy atom. The van der Waals surface area contributed by atoms with Crippen LogP contribution in [0.15, 0.2) is 24.3 Å². The highest BCUT2D eigenvalue weighted by atomic mass is 16.5. The van der Waals surface area contributed by atoms with Crippen LogP contribution >= 0.6 is 0 Å². The molecule has 2 aliphatic heterocycles. The third-order valence-corrected chi connectivity index (χ3v) is 5.84. The van der Waals surface area contributed by atoms with Crippen LogP contribution in [-0.2, 0) is 20.7 Å². The van der Waals surface area contributed by atoms with Crippen molar-refractivity contribution in [3.8, 4) is 5.75 Å². The highest BCUT2D eigenvalue weighted by Crippen LogP contribution is 2.32. The van der Waals surface area contributed by atoms with Gasteiger partial charge in [-0.05, 0) is 62.6 Å². The fraction of sp³-hybridized carbons (Fsp3) is 0.636. The molecule has 2 saturated heterocycles. The molecule has 28 heavy (non-hydrogen) atoms. The van der Waals surface area contributed by atoms with Crippen LogP contribution in [0.3, 0.4) is 0 Å². The summed E-state index contributed by atoms with van der Waals surface area (Å²) >= 11 is 0. The monoisotopic (exact) mass is 388 g/mol. The van der Waals surface area contributed by atoms with Gasteiger partial charge in [0.1, 0.15) is 5.75 Å². The fourth-order valence-electron chi connectivity index (χ4n) is 4.49. The molecule has 2 bridgehead atoms. The van der Waals surface area contributed by atoms with Crippen LogP contribution in [-0.4, -0.2) is 44.2 Å². The number of benzene rings is 1. The van der Waals surface area contributed by atoms with E-state index in [1.54, 1.807) is 0 Å². The number of nitrogens with one attached hydrogen (secondary N) is 2. The van der Waals surface area contributed by atoms with Crippen molar-refractivity contribution in [2.75, 3.05) is 20.3 Å². The number of rotatable bonds is 9. The predicted molar refractivity (Wildman–Crippen MR) is 107 cm³/mol. The van der Waals surface area contributed by atoms with E-state index in [1.807, 2.05) is 31.2 Å². The quantitative estimate of drug-likeness (QED) is 0.636. The zero-order chi connectivity index (χ0) is 19.9. The van der Waals surface area contributed by atoms with E-state index in [-0.39, 0.29) is 11.9 Å². The molecule has 2 fully saturated rings. The van der Waals surface area contributed by atoms with Gasteiger partial charge in [0.2, 0.25) is 5.91 Å². The van der Waals surface area contributed by atoms with Crippen molar-refractivity contribution < 1.29 is 19.1 Å². The summed E-state index contributed by atoms with van der Waals surface area (Å²) in [4.78, 5) is 24.6. The molecule has 1 amide bonds. The van der Waals surface area contributed by atoms with Gasteiger partial charge in [-0.2, -0.15) is 0 Å². The molecule has 0 saturated carbocycles. The number of amides is 1. The Bertz CT molecular complexity index is 649. The van der Waals surface area contributed by atoms with E-state index in [9.17, 15) is 9.59 Å². The number of esters is 1. The lowest BCUT2D eigenvalue weighted by atomic mass is 9.89. The standard InChI is InChI=1S/C22H32N2O4/c1-3-28-20-8-4-15(5-9-20)10-17(22(26)27-2)14-23-21(25)13-16-11-18-6-7-19(12-16)24-18/h4-5,8-9,16-19,24H,3,6-7,10-14H2,1-2H3,(H,23,25). The Kier molecular flexibility index (Phi) is 7.31. The topological polar surface area (TPSA) is 76.7 Å². The molecular formula is C22H32N2O4. The first-order valence-electron chi connectivity index (χ1n) is 10.4. The van der Waals surface area contributed by atoms with Gasteiger partial charge < -0.3 is 20.1 Å². The number of fused-ring (bicyclic) bond motifs is 2. The Balaban J connectivity index is 1.49. The number of hydrogen-bond donors (Lipinski definition) is 2. The minimum atomic E-state index is -0.393. The molecule has 2 heterocycles. The summed E-state index contributed by atoms with van der Waals surface area (Å²) in [5.41, 5.74) is 1.02. The molecule has 2 aliphatic rings. The molecular weight excluding hydrogens is 356 g/mol. The average molecular weight is 389 g/mol. The second-order valence-electron chi connectivity index (χ2n) is 7.98. The Morgan fingerprint density at radius 3 is 2.46 bits per heavy atom. The van der Waals surface area contributed by atoms with Crippen molar-refractivity contribution in [2.24, 2.45) is 11.8 Å². The van der Waals surface area contributed by atoms with Crippen molar-refractivity contribution in [3.05, 3.63) is 29.8 Å². The van der Waals surface area contributed by atoms with Crippen LogP contribution in [0, 0.1) is 11.8 Å². The highest BCUT2D eigenvalue weighted by molar-refractivity contribution is 5.78. The van der Waals surface area contributed by atoms with Gasteiger partial charge in [-0.25, -0.2) is 0 Å². The van der Waals surface area contributed by atoms with Gasteiger partial charge in [0, 0.05) is 25.0 Å². The summed E-state index contributed by atoms with van der Waals surface area (Å²) in [5, 5.41) is 6.57. The van der Waals surface area contributed by atoms with Crippen molar-refractivity contribution in [1.29, 1.82) is 0 Å². The van der Waals surface area contributed by atoms with Gasteiger partial charge in [0.15, 0.2) is 0 Å². The van der Waals surface area contributed by atoms with Crippen molar-refractivity contribution in [1.82, 2.24) is 10.6 Å². The molecule has 1 aromatic carbocycles. The average Bonchev–Trinajstić information content (AvgIpc) is 3.04. The molecule has 3 atom stereocenters. The first kappa shape index (κ1) is 20.6. The second kappa shape index (κ2) is 9.92.